The quantitative estimate of drug-likeness (QED) is 0.757. The molecule has 1 aliphatic carbocycles. The molecule has 17 heavy (non-hydrogen) atoms. The minimum atomic E-state index is 0.582. The summed E-state index contributed by atoms with van der Waals surface area (Å²) in [6.07, 6.45) is 6.16. The van der Waals surface area contributed by atoms with Crippen LogP contribution in [0, 0.1) is 13.8 Å². The van der Waals surface area contributed by atoms with Crippen LogP contribution in [-0.4, -0.2) is 33.9 Å². The molecule has 0 radical (unpaired) electrons. The van der Waals surface area contributed by atoms with Crippen molar-refractivity contribution in [3.63, 3.8) is 0 Å². The van der Waals surface area contributed by atoms with E-state index >= 15 is 0 Å². The molecule has 1 fully saturated rings. The summed E-state index contributed by atoms with van der Waals surface area (Å²) in [4.78, 5) is 0. The van der Waals surface area contributed by atoms with Gasteiger partial charge in [0, 0.05) is 23.5 Å². The second-order valence-corrected chi connectivity index (χ2v) is 6.34. The minimum Gasteiger partial charge on any atom is -0.315 e. The summed E-state index contributed by atoms with van der Waals surface area (Å²) in [5.74, 6) is 0. The molecule has 96 valence electrons. The standard InChI is InChI=1S/C13H23N3S/c1-11-9-12(2)16(15-11)8-4-7-14-10-13(17-3)5-6-13/h9,14H,4-8,10H2,1-3H3. The lowest BCUT2D eigenvalue weighted by Gasteiger charge is -2.13. The van der Waals surface area contributed by atoms with Crippen molar-refractivity contribution in [2.75, 3.05) is 19.3 Å². The van der Waals surface area contributed by atoms with E-state index in [9.17, 15) is 0 Å². The summed E-state index contributed by atoms with van der Waals surface area (Å²) in [6.45, 7) is 7.47. The van der Waals surface area contributed by atoms with Gasteiger partial charge < -0.3 is 5.32 Å². The van der Waals surface area contributed by atoms with Gasteiger partial charge in [0.05, 0.1) is 5.69 Å². The minimum absolute atomic E-state index is 0.582. The first-order valence-electron chi connectivity index (χ1n) is 6.42. The topological polar surface area (TPSA) is 29.9 Å². The maximum Gasteiger partial charge on any atom is 0.0596 e. The van der Waals surface area contributed by atoms with E-state index in [4.69, 9.17) is 0 Å². The highest BCUT2D eigenvalue weighted by molar-refractivity contribution is 8.00. The fourth-order valence-electron chi connectivity index (χ4n) is 2.16. The normalized spacial score (nSPS) is 17.4. The number of rotatable bonds is 7. The van der Waals surface area contributed by atoms with Crippen LogP contribution in [-0.2, 0) is 6.54 Å². The van der Waals surface area contributed by atoms with Crippen LogP contribution in [0.4, 0.5) is 0 Å². The zero-order valence-electron chi connectivity index (χ0n) is 11.1. The number of hydrogen-bond donors (Lipinski definition) is 1. The van der Waals surface area contributed by atoms with E-state index < -0.39 is 0 Å². The van der Waals surface area contributed by atoms with E-state index in [0.29, 0.717) is 4.75 Å². The van der Waals surface area contributed by atoms with Crippen molar-refractivity contribution in [3.8, 4) is 0 Å². The Bertz CT molecular complexity index is 369. The first-order valence-corrected chi connectivity index (χ1v) is 7.65. The van der Waals surface area contributed by atoms with Gasteiger partial charge in [-0.15, -0.1) is 0 Å². The third-order valence-corrected chi connectivity index (χ3v) is 4.93. The maximum atomic E-state index is 4.47. The van der Waals surface area contributed by atoms with Gasteiger partial charge in [0.15, 0.2) is 0 Å². The Kier molecular flexibility index (Phi) is 4.15. The lowest BCUT2D eigenvalue weighted by atomic mass is 10.3. The summed E-state index contributed by atoms with van der Waals surface area (Å²) in [6, 6.07) is 2.14. The van der Waals surface area contributed by atoms with Gasteiger partial charge in [0.1, 0.15) is 0 Å². The molecular formula is C13H23N3S. The maximum absolute atomic E-state index is 4.47. The molecule has 0 aromatic carbocycles. The molecule has 1 aromatic rings. The SMILES string of the molecule is CSC1(CNCCCn2nc(C)cc2C)CC1. The average Bonchev–Trinajstić information content (AvgIpc) is 3.00. The third kappa shape index (κ3) is 3.49. The summed E-state index contributed by atoms with van der Waals surface area (Å²) in [7, 11) is 0. The van der Waals surface area contributed by atoms with Crippen LogP contribution < -0.4 is 5.32 Å². The smallest absolute Gasteiger partial charge is 0.0596 e. The second-order valence-electron chi connectivity index (χ2n) is 5.07. The molecule has 0 bridgehead atoms. The lowest BCUT2D eigenvalue weighted by molar-refractivity contribution is 0.529. The fourth-order valence-corrected chi connectivity index (χ4v) is 2.92. The number of hydrogen-bond acceptors (Lipinski definition) is 3. The first-order chi connectivity index (χ1) is 8.15. The van der Waals surface area contributed by atoms with E-state index in [1.807, 2.05) is 11.8 Å². The molecule has 0 amide bonds. The highest BCUT2D eigenvalue weighted by Crippen LogP contribution is 2.46. The van der Waals surface area contributed by atoms with Gasteiger partial charge in [-0.1, -0.05) is 0 Å². The van der Waals surface area contributed by atoms with Crippen molar-refractivity contribution in [2.24, 2.45) is 0 Å². The molecule has 1 aromatic heterocycles. The fraction of sp³-hybridized carbons (Fsp3) is 0.769. The summed E-state index contributed by atoms with van der Waals surface area (Å²) in [5.41, 5.74) is 2.39. The Balaban J connectivity index is 1.62. The van der Waals surface area contributed by atoms with E-state index in [1.165, 1.54) is 25.1 Å². The van der Waals surface area contributed by atoms with Gasteiger partial charge in [0.25, 0.3) is 0 Å². The number of thioether (sulfide) groups is 1. The molecule has 0 unspecified atom stereocenters. The largest absolute Gasteiger partial charge is 0.315 e. The zero-order chi connectivity index (χ0) is 12.3. The van der Waals surface area contributed by atoms with Gasteiger partial charge in [-0.05, 0) is 52.0 Å². The van der Waals surface area contributed by atoms with Crippen molar-refractivity contribution < 1.29 is 0 Å². The molecule has 1 N–H and O–H groups in total. The Morgan fingerprint density at radius 3 is 2.76 bits per heavy atom. The summed E-state index contributed by atoms with van der Waals surface area (Å²) >= 11 is 2.02. The van der Waals surface area contributed by atoms with Gasteiger partial charge in [-0.25, -0.2) is 0 Å². The van der Waals surface area contributed by atoms with Crippen molar-refractivity contribution in [3.05, 3.63) is 17.5 Å². The number of aryl methyl sites for hydroxylation is 3. The number of aromatic nitrogens is 2. The summed E-state index contributed by atoms with van der Waals surface area (Å²) in [5, 5.41) is 8.04. The van der Waals surface area contributed by atoms with Crippen LogP contribution in [0.25, 0.3) is 0 Å². The number of nitrogens with zero attached hydrogens (tertiary/aromatic N) is 2. The first kappa shape index (κ1) is 13.0. The number of nitrogens with one attached hydrogen (secondary N) is 1. The van der Waals surface area contributed by atoms with E-state index in [2.05, 4.69) is 41.3 Å². The van der Waals surface area contributed by atoms with E-state index in [-0.39, 0.29) is 0 Å². The lowest BCUT2D eigenvalue weighted by Crippen LogP contribution is -2.27. The van der Waals surface area contributed by atoms with Crippen LogP contribution in [0.1, 0.15) is 30.7 Å². The van der Waals surface area contributed by atoms with Gasteiger partial charge in [-0.3, -0.25) is 4.68 Å². The van der Waals surface area contributed by atoms with Crippen LogP contribution in [0.3, 0.4) is 0 Å². The second kappa shape index (κ2) is 5.44. The summed E-state index contributed by atoms with van der Waals surface area (Å²) < 4.78 is 2.69. The zero-order valence-corrected chi connectivity index (χ0v) is 11.9. The van der Waals surface area contributed by atoms with Gasteiger partial charge in [0.2, 0.25) is 0 Å². The van der Waals surface area contributed by atoms with Crippen LogP contribution >= 0.6 is 11.8 Å². The van der Waals surface area contributed by atoms with E-state index in [0.717, 1.165) is 25.2 Å². The van der Waals surface area contributed by atoms with Gasteiger partial charge >= 0.3 is 0 Å². The Labute approximate surface area is 108 Å². The molecule has 0 atom stereocenters. The predicted octanol–water partition coefficient (Wildman–Crippen LogP) is 2.38. The molecule has 0 spiro atoms. The molecule has 4 heteroatoms. The highest BCUT2D eigenvalue weighted by atomic mass is 32.2. The molecule has 1 aliphatic rings. The predicted molar refractivity (Wildman–Crippen MR) is 74.7 cm³/mol. The highest BCUT2D eigenvalue weighted by Gasteiger charge is 2.41. The van der Waals surface area contributed by atoms with Crippen molar-refractivity contribution in [2.45, 2.75) is 44.4 Å². The van der Waals surface area contributed by atoms with Crippen molar-refractivity contribution >= 4 is 11.8 Å². The molecule has 1 saturated carbocycles. The molecule has 2 rings (SSSR count). The van der Waals surface area contributed by atoms with Crippen molar-refractivity contribution in [1.29, 1.82) is 0 Å². The molecular weight excluding hydrogens is 230 g/mol. The van der Waals surface area contributed by atoms with Crippen LogP contribution in [0.5, 0.6) is 0 Å². The molecule has 3 nitrogen and oxygen atoms in total. The van der Waals surface area contributed by atoms with Crippen LogP contribution in [0.2, 0.25) is 0 Å². The molecule has 0 saturated heterocycles. The molecule has 0 aliphatic heterocycles. The Morgan fingerprint density at radius 2 is 2.24 bits per heavy atom. The van der Waals surface area contributed by atoms with E-state index in [1.54, 1.807) is 0 Å². The third-order valence-electron chi connectivity index (χ3n) is 3.51. The van der Waals surface area contributed by atoms with Crippen LogP contribution in [0.15, 0.2) is 6.07 Å². The average molecular weight is 253 g/mol. The Hall–Kier alpha value is -0.480. The van der Waals surface area contributed by atoms with Crippen molar-refractivity contribution in [1.82, 2.24) is 15.1 Å². The molecule has 1 heterocycles. The monoisotopic (exact) mass is 253 g/mol. The van der Waals surface area contributed by atoms with Gasteiger partial charge in [-0.2, -0.15) is 16.9 Å². The Morgan fingerprint density at radius 1 is 1.47 bits per heavy atom.